The van der Waals surface area contributed by atoms with Gasteiger partial charge in [-0.1, -0.05) is 0 Å². The fraction of sp³-hybridized carbons (Fsp3) is 0.714. The third kappa shape index (κ3) is 3.57. The summed E-state index contributed by atoms with van der Waals surface area (Å²) in [7, 11) is 0. The van der Waals surface area contributed by atoms with Gasteiger partial charge in [-0.3, -0.25) is 14.5 Å². The van der Waals surface area contributed by atoms with Gasteiger partial charge < -0.3 is 14.6 Å². The van der Waals surface area contributed by atoms with Gasteiger partial charge in [-0.15, -0.1) is 0 Å². The molecule has 3 unspecified atom stereocenters. The normalized spacial score (nSPS) is 29.2. The number of ether oxygens (including phenoxy) is 1. The SMILES string of the molecule is Cc1c(C(=O)N2CCCC2CN2CC(C)OC(C)C2)[nH]c2c1C(=O)CCC2. The Labute approximate surface area is 161 Å². The van der Waals surface area contributed by atoms with E-state index in [0.717, 1.165) is 68.7 Å². The van der Waals surface area contributed by atoms with E-state index in [9.17, 15) is 9.59 Å². The standard InChI is InChI=1S/C21H31N3O3/c1-13-10-23(11-14(2)27-13)12-16-6-5-9-24(16)21(26)20-15(3)19-17(22-20)7-4-8-18(19)25/h13-14,16,22H,4-12H2,1-3H3. The lowest BCUT2D eigenvalue weighted by Gasteiger charge is -2.38. The number of H-pyrrole nitrogens is 1. The highest BCUT2D eigenvalue weighted by Gasteiger charge is 2.35. The van der Waals surface area contributed by atoms with Crippen molar-refractivity contribution >= 4 is 11.7 Å². The highest BCUT2D eigenvalue weighted by Crippen LogP contribution is 2.29. The third-order valence-electron chi connectivity index (χ3n) is 6.25. The second-order valence-corrected chi connectivity index (χ2v) is 8.53. The van der Waals surface area contributed by atoms with Crippen LogP contribution in [-0.2, 0) is 11.2 Å². The minimum absolute atomic E-state index is 0.0616. The molecule has 0 aromatic carbocycles. The number of nitrogens with one attached hydrogen (secondary N) is 1. The van der Waals surface area contributed by atoms with Crippen molar-refractivity contribution in [2.75, 3.05) is 26.2 Å². The van der Waals surface area contributed by atoms with Crippen molar-refractivity contribution in [1.29, 1.82) is 0 Å². The van der Waals surface area contributed by atoms with Gasteiger partial charge in [0.2, 0.25) is 0 Å². The van der Waals surface area contributed by atoms with E-state index in [1.54, 1.807) is 0 Å². The quantitative estimate of drug-likeness (QED) is 0.884. The van der Waals surface area contributed by atoms with Crippen LogP contribution in [0, 0.1) is 6.92 Å². The monoisotopic (exact) mass is 373 g/mol. The Morgan fingerprint density at radius 1 is 1.19 bits per heavy atom. The minimum Gasteiger partial charge on any atom is -0.373 e. The summed E-state index contributed by atoms with van der Waals surface area (Å²) >= 11 is 0. The number of carbonyl (C=O) groups excluding carboxylic acids is 2. The van der Waals surface area contributed by atoms with Crippen LogP contribution in [0.4, 0.5) is 0 Å². The van der Waals surface area contributed by atoms with Gasteiger partial charge in [-0.2, -0.15) is 0 Å². The number of aromatic nitrogens is 1. The average molecular weight is 373 g/mol. The summed E-state index contributed by atoms with van der Waals surface area (Å²) in [5.74, 6) is 0.241. The van der Waals surface area contributed by atoms with Gasteiger partial charge in [-0.25, -0.2) is 0 Å². The largest absolute Gasteiger partial charge is 0.373 e. The Morgan fingerprint density at radius 3 is 2.63 bits per heavy atom. The van der Waals surface area contributed by atoms with Crippen LogP contribution in [0.25, 0.3) is 0 Å². The molecule has 2 saturated heterocycles. The van der Waals surface area contributed by atoms with E-state index < -0.39 is 0 Å². The van der Waals surface area contributed by atoms with Crippen LogP contribution in [-0.4, -0.2) is 70.9 Å². The lowest BCUT2D eigenvalue weighted by atomic mass is 9.93. The molecule has 0 spiro atoms. The van der Waals surface area contributed by atoms with Crippen LogP contribution in [0.3, 0.4) is 0 Å². The molecule has 6 heteroatoms. The molecule has 27 heavy (non-hydrogen) atoms. The molecule has 0 saturated carbocycles. The van der Waals surface area contributed by atoms with Crippen molar-refractivity contribution < 1.29 is 14.3 Å². The Bertz CT molecular complexity index is 731. The molecule has 3 heterocycles. The summed E-state index contributed by atoms with van der Waals surface area (Å²) in [5, 5.41) is 0. The maximum atomic E-state index is 13.3. The highest BCUT2D eigenvalue weighted by atomic mass is 16.5. The second kappa shape index (κ2) is 7.40. The van der Waals surface area contributed by atoms with Gasteiger partial charge in [0.15, 0.2) is 5.78 Å². The van der Waals surface area contributed by atoms with Crippen LogP contribution in [0.15, 0.2) is 0 Å². The number of Topliss-reactive ketones (excluding diaryl/α,β-unsaturated/α-hetero) is 1. The molecule has 148 valence electrons. The van der Waals surface area contributed by atoms with Gasteiger partial charge in [0, 0.05) is 49.9 Å². The lowest BCUT2D eigenvalue weighted by Crippen LogP contribution is -2.51. The molecule has 4 rings (SSSR count). The number of likely N-dealkylation sites (tertiary alicyclic amines) is 1. The van der Waals surface area contributed by atoms with Crippen molar-refractivity contribution in [2.24, 2.45) is 0 Å². The topological polar surface area (TPSA) is 65.6 Å². The van der Waals surface area contributed by atoms with Crippen LogP contribution in [0.5, 0.6) is 0 Å². The first-order valence-corrected chi connectivity index (χ1v) is 10.4. The van der Waals surface area contributed by atoms with Crippen molar-refractivity contribution in [3.63, 3.8) is 0 Å². The zero-order valence-electron chi connectivity index (χ0n) is 16.7. The van der Waals surface area contributed by atoms with Gasteiger partial charge in [-0.05, 0) is 52.0 Å². The summed E-state index contributed by atoms with van der Waals surface area (Å²) in [6.07, 6.45) is 4.90. The second-order valence-electron chi connectivity index (χ2n) is 8.53. The first kappa shape index (κ1) is 18.7. The highest BCUT2D eigenvalue weighted by molar-refractivity contribution is 6.04. The van der Waals surface area contributed by atoms with Crippen LogP contribution < -0.4 is 0 Å². The van der Waals surface area contributed by atoms with Crippen LogP contribution in [0.1, 0.15) is 71.6 Å². The Kier molecular flexibility index (Phi) is 5.12. The molecule has 1 N–H and O–H groups in total. The van der Waals surface area contributed by atoms with E-state index in [0.29, 0.717) is 12.1 Å². The van der Waals surface area contributed by atoms with Gasteiger partial charge in [0.05, 0.1) is 12.2 Å². The first-order chi connectivity index (χ1) is 12.9. The molecule has 3 atom stereocenters. The van der Waals surface area contributed by atoms with Crippen molar-refractivity contribution in [1.82, 2.24) is 14.8 Å². The number of aryl methyl sites for hydroxylation is 1. The molecule has 0 radical (unpaired) electrons. The number of morpholine rings is 1. The van der Waals surface area contributed by atoms with E-state index in [-0.39, 0.29) is 29.9 Å². The molecule has 2 aliphatic heterocycles. The molecule has 2 fully saturated rings. The molecule has 6 nitrogen and oxygen atoms in total. The van der Waals surface area contributed by atoms with Crippen LogP contribution in [0.2, 0.25) is 0 Å². The summed E-state index contributed by atoms with van der Waals surface area (Å²) in [6.45, 7) is 9.70. The van der Waals surface area contributed by atoms with Crippen molar-refractivity contribution in [2.45, 2.75) is 71.1 Å². The van der Waals surface area contributed by atoms with E-state index in [1.165, 1.54) is 0 Å². The number of rotatable bonds is 3. The molecule has 1 aromatic heterocycles. The molecule has 3 aliphatic rings. The number of amides is 1. The Balaban J connectivity index is 1.51. The number of ketones is 1. The fourth-order valence-corrected chi connectivity index (χ4v) is 5.16. The molecule has 0 bridgehead atoms. The third-order valence-corrected chi connectivity index (χ3v) is 6.25. The van der Waals surface area contributed by atoms with E-state index in [2.05, 4.69) is 23.7 Å². The summed E-state index contributed by atoms with van der Waals surface area (Å²) < 4.78 is 5.84. The zero-order valence-corrected chi connectivity index (χ0v) is 16.7. The summed E-state index contributed by atoms with van der Waals surface area (Å²) in [6, 6.07) is 0.241. The maximum absolute atomic E-state index is 13.3. The van der Waals surface area contributed by atoms with E-state index in [1.807, 2.05) is 11.8 Å². The molecular weight excluding hydrogens is 342 g/mol. The molecular formula is C21H31N3O3. The minimum atomic E-state index is 0.0616. The van der Waals surface area contributed by atoms with E-state index in [4.69, 9.17) is 4.74 Å². The van der Waals surface area contributed by atoms with Crippen LogP contribution >= 0.6 is 0 Å². The summed E-state index contributed by atoms with van der Waals surface area (Å²) in [4.78, 5) is 33.4. The van der Waals surface area contributed by atoms with Crippen molar-refractivity contribution in [3.05, 3.63) is 22.5 Å². The fourth-order valence-electron chi connectivity index (χ4n) is 5.16. The van der Waals surface area contributed by atoms with Gasteiger partial charge >= 0.3 is 0 Å². The number of aromatic amines is 1. The lowest BCUT2D eigenvalue weighted by molar-refractivity contribution is -0.0715. The van der Waals surface area contributed by atoms with Gasteiger partial charge in [0.25, 0.3) is 5.91 Å². The molecule has 1 aromatic rings. The Hall–Kier alpha value is -1.66. The average Bonchev–Trinajstić information content (AvgIpc) is 3.19. The Morgan fingerprint density at radius 2 is 1.93 bits per heavy atom. The number of fused-ring (bicyclic) bond motifs is 1. The molecule has 1 aliphatic carbocycles. The first-order valence-electron chi connectivity index (χ1n) is 10.4. The maximum Gasteiger partial charge on any atom is 0.270 e. The molecule has 1 amide bonds. The summed E-state index contributed by atoms with van der Waals surface area (Å²) in [5.41, 5.74) is 3.21. The van der Waals surface area contributed by atoms with Gasteiger partial charge in [0.1, 0.15) is 5.69 Å². The van der Waals surface area contributed by atoms with Crippen molar-refractivity contribution in [3.8, 4) is 0 Å². The van der Waals surface area contributed by atoms with E-state index >= 15 is 0 Å². The number of carbonyl (C=O) groups is 2. The number of nitrogens with zero attached hydrogens (tertiary/aromatic N) is 2. The number of hydrogen-bond donors (Lipinski definition) is 1. The predicted octanol–water partition coefficient (Wildman–Crippen LogP) is 2.56. The zero-order chi connectivity index (χ0) is 19.1. The number of hydrogen-bond acceptors (Lipinski definition) is 4. The smallest absolute Gasteiger partial charge is 0.270 e. The predicted molar refractivity (Wildman–Crippen MR) is 103 cm³/mol.